The standard InChI is InChI=1S/C12H14N6O3/c1-2-13-12(19)8-3-4-10(18(20)21)9(5-8)14-6-11-15-7-16-17-11/h3-5,7,14H,2,6H2,1H3,(H,13,19)(H,15,16,17). The second kappa shape index (κ2) is 6.46. The van der Waals surface area contributed by atoms with Crippen molar-refractivity contribution >= 4 is 17.3 Å². The summed E-state index contributed by atoms with van der Waals surface area (Å²) in [6.45, 7) is 2.52. The normalized spacial score (nSPS) is 10.1. The van der Waals surface area contributed by atoms with E-state index in [4.69, 9.17) is 0 Å². The first-order valence-corrected chi connectivity index (χ1v) is 6.26. The van der Waals surface area contributed by atoms with Gasteiger partial charge in [0.05, 0.1) is 11.5 Å². The van der Waals surface area contributed by atoms with Crippen molar-refractivity contribution in [2.75, 3.05) is 11.9 Å². The molecule has 1 aromatic heterocycles. The first kappa shape index (κ1) is 14.4. The zero-order valence-electron chi connectivity index (χ0n) is 11.3. The number of hydrogen-bond acceptors (Lipinski definition) is 6. The molecular formula is C12H14N6O3. The van der Waals surface area contributed by atoms with Gasteiger partial charge in [0.25, 0.3) is 11.6 Å². The maximum atomic E-state index is 11.8. The molecule has 0 bridgehead atoms. The van der Waals surface area contributed by atoms with Gasteiger partial charge >= 0.3 is 0 Å². The third kappa shape index (κ3) is 3.53. The number of nitrogens with zero attached hydrogens (tertiary/aromatic N) is 3. The summed E-state index contributed by atoms with van der Waals surface area (Å²) in [7, 11) is 0. The summed E-state index contributed by atoms with van der Waals surface area (Å²) in [5.74, 6) is 0.253. The van der Waals surface area contributed by atoms with E-state index in [1.807, 2.05) is 0 Å². The molecule has 0 atom stereocenters. The van der Waals surface area contributed by atoms with E-state index >= 15 is 0 Å². The van der Waals surface area contributed by atoms with Crippen LogP contribution < -0.4 is 10.6 Å². The minimum atomic E-state index is -0.510. The maximum absolute atomic E-state index is 11.8. The molecule has 1 amide bonds. The third-order valence-electron chi connectivity index (χ3n) is 2.70. The lowest BCUT2D eigenvalue weighted by Crippen LogP contribution is -2.22. The number of benzene rings is 1. The van der Waals surface area contributed by atoms with Crippen molar-refractivity contribution in [2.24, 2.45) is 0 Å². The van der Waals surface area contributed by atoms with Crippen LogP contribution in [0.25, 0.3) is 0 Å². The minimum Gasteiger partial charge on any atom is -0.372 e. The molecule has 0 saturated heterocycles. The van der Waals surface area contributed by atoms with Crippen LogP contribution in [-0.4, -0.2) is 32.6 Å². The average Bonchev–Trinajstić information content (AvgIpc) is 2.98. The number of aromatic amines is 1. The van der Waals surface area contributed by atoms with E-state index in [9.17, 15) is 14.9 Å². The molecule has 21 heavy (non-hydrogen) atoms. The van der Waals surface area contributed by atoms with Crippen molar-refractivity contribution in [2.45, 2.75) is 13.5 Å². The highest BCUT2D eigenvalue weighted by Crippen LogP contribution is 2.25. The fraction of sp³-hybridized carbons (Fsp3) is 0.250. The number of nitro benzene ring substituents is 1. The zero-order chi connectivity index (χ0) is 15.2. The molecule has 0 unspecified atom stereocenters. The number of rotatable bonds is 6. The van der Waals surface area contributed by atoms with Gasteiger partial charge in [-0.1, -0.05) is 0 Å². The smallest absolute Gasteiger partial charge is 0.292 e. The Kier molecular flexibility index (Phi) is 4.44. The first-order chi connectivity index (χ1) is 10.1. The highest BCUT2D eigenvalue weighted by atomic mass is 16.6. The molecule has 1 aromatic carbocycles. The van der Waals surface area contributed by atoms with E-state index in [-0.39, 0.29) is 23.8 Å². The number of nitro groups is 1. The highest BCUT2D eigenvalue weighted by molar-refractivity contribution is 5.95. The number of anilines is 1. The molecule has 0 aliphatic carbocycles. The minimum absolute atomic E-state index is 0.109. The fourth-order valence-corrected chi connectivity index (χ4v) is 1.74. The molecule has 1 heterocycles. The monoisotopic (exact) mass is 290 g/mol. The van der Waals surface area contributed by atoms with Crippen molar-refractivity contribution in [1.82, 2.24) is 20.5 Å². The lowest BCUT2D eigenvalue weighted by atomic mass is 10.1. The van der Waals surface area contributed by atoms with Crippen LogP contribution in [0.5, 0.6) is 0 Å². The predicted octanol–water partition coefficient (Wildman–Crippen LogP) is 1.07. The van der Waals surface area contributed by atoms with E-state index < -0.39 is 4.92 Å². The Hall–Kier alpha value is -2.97. The highest BCUT2D eigenvalue weighted by Gasteiger charge is 2.16. The number of carbonyl (C=O) groups is 1. The number of nitrogens with one attached hydrogen (secondary N) is 3. The molecule has 0 aliphatic rings. The number of amides is 1. The Labute approximate surface area is 119 Å². The lowest BCUT2D eigenvalue weighted by molar-refractivity contribution is -0.384. The summed E-state index contributed by atoms with van der Waals surface area (Å²) in [5, 5.41) is 22.9. The van der Waals surface area contributed by atoms with Gasteiger partial charge in [-0.05, 0) is 19.1 Å². The van der Waals surface area contributed by atoms with E-state index in [0.717, 1.165) is 0 Å². The second-order valence-corrected chi connectivity index (χ2v) is 4.13. The van der Waals surface area contributed by atoms with Crippen LogP contribution in [0.15, 0.2) is 24.5 Å². The van der Waals surface area contributed by atoms with Gasteiger partial charge in [0.2, 0.25) is 0 Å². The number of hydrogen-bond donors (Lipinski definition) is 3. The SMILES string of the molecule is CCNC(=O)c1ccc([N+](=O)[O-])c(NCc2ncn[nH]2)c1. The topological polar surface area (TPSA) is 126 Å². The largest absolute Gasteiger partial charge is 0.372 e. The molecule has 3 N–H and O–H groups in total. The summed E-state index contributed by atoms with van der Waals surface area (Å²) in [6.07, 6.45) is 1.34. The summed E-state index contributed by atoms with van der Waals surface area (Å²) < 4.78 is 0. The molecule has 2 rings (SSSR count). The van der Waals surface area contributed by atoms with E-state index in [1.54, 1.807) is 6.92 Å². The van der Waals surface area contributed by atoms with Crippen molar-refractivity contribution in [3.05, 3.63) is 46.0 Å². The van der Waals surface area contributed by atoms with Gasteiger partial charge in [0.1, 0.15) is 17.8 Å². The molecule has 0 fully saturated rings. The van der Waals surface area contributed by atoms with E-state index in [0.29, 0.717) is 17.9 Å². The van der Waals surface area contributed by atoms with Crippen LogP contribution >= 0.6 is 0 Å². The Balaban J connectivity index is 2.24. The summed E-state index contributed by atoms with van der Waals surface area (Å²) in [5.41, 5.74) is 0.491. The lowest BCUT2D eigenvalue weighted by Gasteiger charge is -2.08. The zero-order valence-corrected chi connectivity index (χ0v) is 11.3. The molecule has 0 radical (unpaired) electrons. The third-order valence-corrected chi connectivity index (χ3v) is 2.70. The molecule has 9 nitrogen and oxygen atoms in total. The van der Waals surface area contributed by atoms with Crippen LogP contribution in [0.1, 0.15) is 23.1 Å². The summed E-state index contributed by atoms with van der Waals surface area (Å²) >= 11 is 0. The van der Waals surface area contributed by atoms with Crippen molar-refractivity contribution in [1.29, 1.82) is 0 Å². The Bertz CT molecular complexity index is 640. The second-order valence-electron chi connectivity index (χ2n) is 4.13. The van der Waals surface area contributed by atoms with Crippen LogP contribution in [0.4, 0.5) is 11.4 Å². The molecule has 0 spiro atoms. The Morgan fingerprint density at radius 1 is 1.48 bits per heavy atom. The number of carbonyl (C=O) groups excluding carboxylic acids is 1. The Morgan fingerprint density at radius 3 is 2.90 bits per heavy atom. The van der Waals surface area contributed by atoms with Crippen molar-refractivity contribution in [3.63, 3.8) is 0 Å². The van der Waals surface area contributed by atoms with Gasteiger partial charge < -0.3 is 10.6 Å². The van der Waals surface area contributed by atoms with Crippen molar-refractivity contribution < 1.29 is 9.72 Å². The molecule has 0 saturated carbocycles. The van der Waals surface area contributed by atoms with Crippen LogP contribution in [-0.2, 0) is 6.54 Å². The van der Waals surface area contributed by atoms with Gasteiger partial charge in [-0.3, -0.25) is 20.0 Å². The van der Waals surface area contributed by atoms with Crippen molar-refractivity contribution in [3.8, 4) is 0 Å². The van der Waals surface area contributed by atoms with E-state index in [1.165, 1.54) is 24.5 Å². The van der Waals surface area contributed by atoms with Gasteiger partial charge in [-0.15, -0.1) is 0 Å². The maximum Gasteiger partial charge on any atom is 0.292 e. The molecule has 0 aliphatic heterocycles. The van der Waals surface area contributed by atoms with Gasteiger partial charge in [-0.25, -0.2) is 4.98 Å². The van der Waals surface area contributed by atoms with Gasteiger partial charge in [0.15, 0.2) is 0 Å². The predicted molar refractivity (Wildman–Crippen MR) is 74.8 cm³/mol. The fourth-order valence-electron chi connectivity index (χ4n) is 1.74. The number of aromatic nitrogens is 3. The van der Waals surface area contributed by atoms with E-state index in [2.05, 4.69) is 25.8 Å². The van der Waals surface area contributed by atoms with Crippen LogP contribution in [0.3, 0.4) is 0 Å². The van der Waals surface area contributed by atoms with Gasteiger partial charge in [0, 0.05) is 18.2 Å². The van der Waals surface area contributed by atoms with Crippen LogP contribution in [0, 0.1) is 10.1 Å². The first-order valence-electron chi connectivity index (χ1n) is 6.26. The number of H-pyrrole nitrogens is 1. The molecule has 9 heteroatoms. The quantitative estimate of drug-likeness (QED) is 0.539. The Morgan fingerprint density at radius 2 is 2.29 bits per heavy atom. The summed E-state index contributed by atoms with van der Waals surface area (Å²) in [6, 6.07) is 4.16. The molecule has 110 valence electrons. The summed E-state index contributed by atoms with van der Waals surface area (Å²) in [4.78, 5) is 26.2. The average molecular weight is 290 g/mol. The molecular weight excluding hydrogens is 276 g/mol. The molecule has 2 aromatic rings. The van der Waals surface area contributed by atoms with Gasteiger partial charge in [-0.2, -0.15) is 5.10 Å². The van der Waals surface area contributed by atoms with Crippen LogP contribution in [0.2, 0.25) is 0 Å².